The molecule has 1 amide bonds. The summed E-state index contributed by atoms with van der Waals surface area (Å²) in [6, 6.07) is 0. The molecule has 0 unspecified atom stereocenters. The van der Waals surface area contributed by atoms with E-state index in [4.69, 9.17) is 5.73 Å². The number of rotatable bonds is 4. The van der Waals surface area contributed by atoms with E-state index in [0.717, 1.165) is 12.3 Å². The zero-order valence-electron chi connectivity index (χ0n) is 7.39. The number of primary amides is 1. The molecule has 11 heavy (non-hydrogen) atoms. The molecule has 64 valence electrons. The van der Waals surface area contributed by atoms with Crippen LogP contribution in [-0.4, -0.2) is 5.91 Å². The second-order valence-corrected chi connectivity index (χ2v) is 4.23. The fourth-order valence-corrected chi connectivity index (χ4v) is 1.09. The molecule has 2 heteroatoms. The van der Waals surface area contributed by atoms with Crippen LogP contribution in [0.3, 0.4) is 0 Å². The van der Waals surface area contributed by atoms with Gasteiger partial charge in [0.05, 0.1) is 0 Å². The number of hydrogen-bond acceptors (Lipinski definition) is 1. The van der Waals surface area contributed by atoms with E-state index in [2.05, 4.69) is 0 Å². The third kappa shape index (κ3) is 2.52. The maximum atomic E-state index is 10.9. The Morgan fingerprint density at radius 2 is 2.09 bits per heavy atom. The smallest absolute Gasteiger partial charge is 0.223 e. The first-order valence-electron chi connectivity index (χ1n) is 4.32. The number of amides is 1. The zero-order chi connectivity index (χ0) is 8.48. The van der Waals surface area contributed by atoms with E-state index in [1.54, 1.807) is 0 Å². The Hall–Kier alpha value is -0.530. The van der Waals surface area contributed by atoms with Crippen molar-refractivity contribution in [1.29, 1.82) is 0 Å². The molecular weight excluding hydrogens is 138 g/mol. The first-order valence-corrected chi connectivity index (χ1v) is 4.32. The van der Waals surface area contributed by atoms with Crippen molar-refractivity contribution in [2.45, 2.75) is 39.5 Å². The average Bonchev–Trinajstić information content (AvgIpc) is 2.65. The summed E-state index contributed by atoms with van der Waals surface area (Å²) >= 11 is 0. The predicted octanol–water partition coefficient (Wildman–Crippen LogP) is 1.69. The van der Waals surface area contributed by atoms with Crippen LogP contribution in [0, 0.1) is 11.3 Å². The van der Waals surface area contributed by atoms with Crippen LogP contribution in [0.5, 0.6) is 0 Å². The summed E-state index contributed by atoms with van der Waals surface area (Å²) in [5, 5.41) is 0. The summed E-state index contributed by atoms with van der Waals surface area (Å²) < 4.78 is 0. The lowest BCUT2D eigenvalue weighted by molar-refractivity contribution is -0.126. The van der Waals surface area contributed by atoms with E-state index in [1.165, 1.54) is 19.3 Å². The highest BCUT2D eigenvalue weighted by atomic mass is 16.1. The van der Waals surface area contributed by atoms with E-state index in [-0.39, 0.29) is 11.3 Å². The van der Waals surface area contributed by atoms with Gasteiger partial charge in [-0.15, -0.1) is 0 Å². The van der Waals surface area contributed by atoms with Gasteiger partial charge in [-0.25, -0.2) is 0 Å². The van der Waals surface area contributed by atoms with E-state index in [9.17, 15) is 4.79 Å². The summed E-state index contributed by atoms with van der Waals surface area (Å²) in [4.78, 5) is 10.9. The third-order valence-electron chi connectivity index (χ3n) is 2.54. The van der Waals surface area contributed by atoms with Gasteiger partial charge in [-0.3, -0.25) is 4.79 Å². The van der Waals surface area contributed by atoms with Crippen LogP contribution in [-0.2, 0) is 4.79 Å². The standard InChI is InChI=1S/C9H17NO/c1-9(2,8(10)11)6-5-7-3-4-7/h7H,3-6H2,1-2H3,(H2,10,11). The summed E-state index contributed by atoms with van der Waals surface area (Å²) in [6.07, 6.45) is 4.84. The van der Waals surface area contributed by atoms with Crippen LogP contribution in [0.2, 0.25) is 0 Å². The van der Waals surface area contributed by atoms with Gasteiger partial charge >= 0.3 is 0 Å². The maximum absolute atomic E-state index is 10.9. The Bertz CT molecular complexity index is 159. The van der Waals surface area contributed by atoms with E-state index in [0.29, 0.717) is 0 Å². The molecule has 1 rings (SSSR count). The van der Waals surface area contributed by atoms with E-state index in [1.807, 2.05) is 13.8 Å². The lowest BCUT2D eigenvalue weighted by Crippen LogP contribution is -2.31. The monoisotopic (exact) mass is 155 g/mol. The lowest BCUT2D eigenvalue weighted by atomic mass is 9.86. The molecule has 1 saturated carbocycles. The van der Waals surface area contributed by atoms with Crippen molar-refractivity contribution in [3.8, 4) is 0 Å². The molecule has 2 nitrogen and oxygen atoms in total. The molecule has 0 heterocycles. The minimum absolute atomic E-state index is 0.168. The van der Waals surface area contributed by atoms with Gasteiger partial charge < -0.3 is 5.73 Å². The zero-order valence-corrected chi connectivity index (χ0v) is 7.39. The SMILES string of the molecule is CC(C)(CCC1CC1)C(N)=O. The van der Waals surface area contributed by atoms with Gasteiger partial charge in [0.2, 0.25) is 5.91 Å². The molecule has 0 spiro atoms. The lowest BCUT2D eigenvalue weighted by Gasteiger charge is -2.19. The fraction of sp³-hybridized carbons (Fsp3) is 0.889. The Morgan fingerprint density at radius 3 is 2.45 bits per heavy atom. The Labute approximate surface area is 68.2 Å². The van der Waals surface area contributed by atoms with Gasteiger partial charge in [-0.2, -0.15) is 0 Å². The van der Waals surface area contributed by atoms with Crippen LogP contribution in [0.25, 0.3) is 0 Å². The van der Waals surface area contributed by atoms with Gasteiger partial charge in [0.15, 0.2) is 0 Å². The highest BCUT2D eigenvalue weighted by Crippen LogP contribution is 2.37. The minimum Gasteiger partial charge on any atom is -0.369 e. The Morgan fingerprint density at radius 1 is 1.55 bits per heavy atom. The third-order valence-corrected chi connectivity index (χ3v) is 2.54. The van der Waals surface area contributed by atoms with E-state index >= 15 is 0 Å². The normalized spacial score (nSPS) is 18.4. The van der Waals surface area contributed by atoms with Crippen LogP contribution < -0.4 is 5.73 Å². The minimum atomic E-state index is -0.289. The Kier molecular flexibility index (Phi) is 2.21. The topological polar surface area (TPSA) is 43.1 Å². The van der Waals surface area contributed by atoms with Crippen molar-refractivity contribution < 1.29 is 4.79 Å². The molecule has 0 radical (unpaired) electrons. The van der Waals surface area contributed by atoms with Crippen molar-refractivity contribution in [1.82, 2.24) is 0 Å². The highest BCUT2D eigenvalue weighted by Gasteiger charge is 2.29. The molecule has 0 aromatic rings. The predicted molar refractivity (Wildman–Crippen MR) is 44.9 cm³/mol. The summed E-state index contributed by atoms with van der Waals surface area (Å²) in [5.74, 6) is 0.728. The first-order chi connectivity index (χ1) is 5.02. The first kappa shape index (κ1) is 8.57. The maximum Gasteiger partial charge on any atom is 0.223 e. The fourth-order valence-electron chi connectivity index (χ4n) is 1.09. The number of nitrogens with two attached hydrogens (primary N) is 1. The van der Waals surface area contributed by atoms with Crippen LogP contribution in [0.15, 0.2) is 0 Å². The van der Waals surface area contributed by atoms with Gasteiger partial charge in [0.1, 0.15) is 0 Å². The molecule has 1 aliphatic carbocycles. The van der Waals surface area contributed by atoms with Gasteiger partial charge in [0.25, 0.3) is 0 Å². The molecule has 1 aliphatic rings. The van der Waals surface area contributed by atoms with Crippen LogP contribution >= 0.6 is 0 Å². The molecule has 0 aliphatic heterocycles. The van der Waals surface area contributed by atoms with E-state index < -0.39 is 0 Å². The second kappa shape index (κ2) is 2.84. The van der Waals surface area contributed by atoms with Crippen LogP contribution in [0.4, 0.5) is 0 Å². The van der Waals surface area contributed by atoms with Gasteiger partial charge in [0, 0.05) is 5.41 Å². The molecule has 0 saturated heterocycles. The van der Waals surface area contributed by atoms with Crippen molar-refractivity contribution in [2.24, 2.45) is 17.1 Å². The molecule has 0 atom stereocenters. The summed E-state index contributed by atoms with van der Waals surface area (Å²) in [5.41, 5.74) is 4.95. The van der Waals surface area contributed by atoms with Crippen molar-refractivity contribution in [3.63, 3.8) is 0 Å². The highest BCUT2D eigenvalue weighted by molar-refractivity contribution is 5.79. The number of hydrogen-bond donors (Lipinski definition) is 1. The Balaban J connectivity index is 2.26. The average molecular weight is 155 g/mol. The second-order valence-electron chi connectivity index (χ2n) is 4.23. The van der Waals surface area contributed by atoms with Gasteiger partial charge in [-0.1, -0.05) is 26.7 Å². The molecule has 0 aromatic carbocycles. The molecule has 1 fully saturated rings. The largest absolute Gasteiger partial charge is 0.369 e. The van der Waals surface area contributed by atoms with Crippen molar-refractivity contribution in [3.05, 3.63) is 0 Å². The number of carbonyl (C=O) groups excluding carboxylic acids is 1. The number of carbonyl (C=O) groups is 1. The van der Waals surface area contributed by atoms with Crippen molar-refractivity contribution in [2.75, 3.05) is 0 Å². The summed E-state index contributed by atoms with van der Waals surface area (Å²) in [7, 11) is 0. The van der Waals surface area contributed by atoms with Gasteiger partial charge in [-0.05, 0) is 18.8 Å². The summed E-state index contributed by atoms with van der Waals surface area (Å²) in [6.45, 7) is 3.86. The van der Waals surface area contributed by atoms with Crippen molar-refractivity contribution >= 4 is 5.91 Å². The quantitative estimate of drug-likeness (QED) is 0.659. The molecule has 2 N–H and O–H groups in total. The molecular formula is C9H17NO. The van der Waals surface area contributed by atoms with Crippen LogP contribution in [0.1, 0.15) is 39.5 Å². The molecule has 0 bridgehead atoms. The molecule has 0 aromatic heterocycles.